The zero-order valence-electron chi connectivity index (χ0n) is 9.35. The lowest BCUT2D eigenvalue weighted by atomic mass is 9.54. The normalized spacial score (nSPS) is 44.6. The van der Waals surface area contributed by atoms with Crippen molar-refractivity contribution in [3.63, 3.8) is 0 Å². The fraction of sp³-hybridized carbons (Fsp3) is 0.833. The van der Waals surface area contributed by atoms with Crippen LogP contribution in [-0.2, 0) is 14.3 Å². The second kappa shape index (κ2) is 3.47. The van der Waals surface area contributed by atoms with Crippen molar-refractivity contribution in [3.8, 4) is 0 Å². The molecule has 0 saturated heterocycles. The first-order valence-corrected chi connectivity index (χ1v) is 5.97. The summed E-state index contributed by atoms with van der Waals surface area (Å²) in [6.07, 6.45) is 3.14. The molecule has 0 aromatic carbocycles. The Hall–Kier alpha value is -1.06. The van der Waals surface area contributed by atoms with Crippen LogP contribution in [0.3, 0.4) is 0 Å². The summed E-state index contributed by atoms with van der Waals surface area (Å²) in [7, 11) is 1.31. The maximum absolute atomic E-state index is 12.0. The standard InChI is InChI=1S/C12H16O4/c1-15-12(14)16-11-8-3-6-2-7(5-8)10(13)9(11)4-6/h6-9,11H,2-5H2,1H3. The Labute approximate surface area is 94.3 Å². The Morgan fingerprint density at radius 2 is 2.06 bits per heavy atom. The van der Waals surface area contributed by atoms with E-state index in [1.54, 1.807) is 0 Å². The second-order valence-corrected chi connectivity index (χ2v) is 5.31. The van der Waals surface area contributed by atoms with E-state index in [-0.39, 0.29) is 17.9 Å². The Balaban J connectivity index is 1.80. The van der Waals surface area contributed by atoms with Gasteiger partial charge in [0.05, 0.1) is 13.0 Å². The molecule has 0 heterocycles. The molecule has 0 spiro atoms. The molecule has 5 unspecified atom stereocenters. The number of hydrogen-bond acceptors (Lipinski definition) is 4. The summed E-state index contributed by atoms with van der Waals surface area (Å²) in [5.74, 6) is 1.60. The zero-order chi connectivity index (χ0) is 11.3. The van der Waals surface area contributed by atoms with Crippen LogP contribution in [0.1, 0.15) is 25.7 Å². The lowest BCUT2D eigenvalue weighted by Crippen LogP contribution is -2.55. The van der Waals surface area contributed by atoms with Gasteiger partial charge in [0.25, 0.3) is 0 Å². The maximum atomic E-state index is 12.0. The quantitative estimate of drug-likeness (QED) is 0.637. The molecule has 4 fully saturated rings. The predicted molar refractivity (Wildman–Crippen MR) is 54.7 cm³/mol. The SMILES string of the molecule is COC(=O)OC1C2CC3CC(C2)C(=O)C1C3. The summed E-state index contributed by atoms with van der Waals surface area (Å²) in [6, 6.07) is 0. The van der Waals surface area contributed by atoms with Gasteiger partial charge >= 0.3 is 6.16 Å². The number of Topliss-reactive ketones (excluding diaryl/α,β-unsaturated/α-hetero) is 1. The van der Waals surface area contributed by atoms with Crippen molar-refractivity contribution >= 4 is 11.9 Å². The largest absolute Gasteiger partial charge is 0.508 e. The van der Waals surface area contributed by atoms with E-state index in [1.807, 2.05) is 0 Å². The van der Waals surface area contributed by atoms with Crippen LogP contribution in [0.15, 0.2) is 0 Å². The summed E-state index contributed by atoms with van der Waals surface area (Å²) in [6.45, 7) is 0. The molecular formula is C12H16O4. The fourth-order valence-electron chi connectivity index (χ4n) is 3.92. The van der Waals surface area contributed by atoms with Crippen LogP contribution < -0.4 is 0 Å². The summed E-state index contributed by atoms with van der Waals surface area (Å²) < 4.78 is 9.78. The van der Waals surface area contributed by atoms with E-state index in [9.17, 15) is 9.59 Å². The Bertz CT molecular complexity index is 338. The van der Waals surface area contributed by atoms with Gasteiger partial charge in [-0.3, -0.25) is 4.79 Å². The van der Waals surface area contributed by atoms with Gasteiger partial charge in [0, 0.05) is 5.92 Å². The average Bonchev–Trinajstić information content (AvgIpc) is 2.29. The van der Waals surface area contributed by atoms with E-state index >= 15 is 0 Å². The minimum atomic E-state index is -0.648. The van der Waals surface area contributed by atoms with Gasteiger partial charge in [0.15, 0.2) is 0 Å². The zero-order valence-corrected chi connectivity index (χ0v) is 9.35. The molecule has 4 rings (SSSR count). The number of rotatable bonds is 1. The molecule has 0 amide bonds. The van der Waals surface area contributed by atoms with Gasteiger partial charge in [-0.1, -0.05) is 0 Å². The van der Waals surface area contributed by atoms with Crippen LogP contribution in [0.2, 0.25) is 0 Å². The third kappa shape index (κ3) is 1.35. The van der Waals surface area contributed by atoms with Crippen LogP contribution in [0.25, 0.3) is 0 Å². The van der Waals surface area contributed by atoms with Gasteiger partial charge < -0.3 is 9.47 Å². The highest BCUT2D eigenvalue weighted by Gasteiger charge is 2.54. The van der Waals surface area contributed by atoms with E-state index in [4.69, 9.17) is 4.74 Å². The molecule has 4 saturated carbocycles. The van der Waals surface area contributed by atoms with Gasteiger partial charge in [0.1, 0.15) is 11.9 Å². The van der Waals surface area contributed by atoms with Gasteiger partial charge in [-0.2, -0.15) is 0 Å². The van der Waals surface area contributed by atoms with Crippen LogP contribution in [0, 0.1) is 23.7 Å². The van der Waals surface area contributed by atoms with Crippen molar-refractivity contribution < 1.29 is 19.1 Å². The van der Waals surface area contributed by atoms with Crippen molar-refractivity contribution in [2.45, 2.75) is 31.8 Å². The lowest BCUT2D eigenvalue weighted by molar-refractivity contribution is -0.156. The first-order valence-electron chi connectivity index (χ1n) is 5.97. The smallest absolute Gasteiger partial charge is 0.438 e. The highest BCUT2D eigenvalue weighted by molar-refractivity contribution is 5.86. The molecule has 0 aromatic heterocycles. The monoisotopic (exact) mass is 224 g/mol. The van der Waals surface area contributed by atoms with Gasteiger partial charge in [-0.25, -0.2) is 4.79 Å². The first kappa shape index (κ1) is 10.1. The molecule has 0 aromatic rings. The molecule has 4 bridgehead atoms. The number of ether oxygens (including phenoxy) is 2. The molecule has 5 atom stereocenters. The van der Waals surface area contributed by atoms with Crippen LogP contribution in [0.4, 0.5) is 4.79 Å². The van der Waals surface area contributed by atoms with Gasteiger partial charge in [-0.15, -0.1) is 0 Å². The molecule has 88 valence electrons. The third-order valence-corrected chi connectivity index (χ3v) is 4.46. The van der Waals surface area contributed by atoms with Crippen molar-refractivity contribution in [2.75, 3.05) is 7.11 Å². The molecule has 0 radical (unpaired) electrons. The Morgan fingerprint density at radius 1 is 1.25 bits per heavy atom. The molecule has 4 aliphatic rings. The fourth-order valence-corrected chi connectivity index (χ4v) is 3.92. The Morgan fingerprint density at radius 3 is 2.81 bits per heavy atom. The minimum absolute atomic E-state index is 0.0460. The summed E-state index contributed by atoms with van der Waals surface area (Å²) in [5.41, 5.74) is 0. The third-order valence-electron chi connectivity index (χ3n) is 4.46. The Kier molecular flexibility index (Phi) is 2.19. The van der Waals surface area contributed by atoms with Crippen molar-refractivity contribution in [3.05, 3.63) is 0 Å². The average molecular weight is 224 g/mol. The van der Waals surface area contributed by atoms with E-state index in [1.165, 1.54) is 7.11 Å². The lowest BCUT2D eigenvalue weighted by Gasteiger charge is -2.51. The molecule has 4 aliphatic carbocycles. The number of ketones is 1. The van der Waals surface area contributed by atoms with Crippen molar-refractivity contribution in [1.82, 2.24) is 0 Å². The summed E-state index contributed by atoms with van der Waals surface area (Å²) in [5, 5.41) is 0. The van der Waals surface area contributed by atoms with Gasteiger partial charge in [0.2, 0.25) is 0 Å². The highest BCUT2D eigenvalue weighted by Crippen LogP contribution is 2.52. The molecular weight excluding hydrogens is 208 g/mol. The van der Waals surface area contributed by atoms with E-state index in [2.05, 4.69) is 4.74 Å². The first-order chi connectivity index (χ1) is 7.69. The maximum Gasteiger partial charge on any atom is 0.508 e. The summed E-state index contributed by atoms with van der Waals surface area (Å²) in [4.78, 5) is 23.2. The van der Waals surface area contributed by atoms with E-state index in [0.29, 0.717) is 17.6 Å². The van der Waals surface area contributed by atoms with E-state index in [0.717, 1.165) is 25.7 Å². The number of methoxy groups -OCH3 is 1. The number of carbonyl (C=O) groups excluding carboxylic acids is 2. The molecule has 4 nitrogen and oxygen atoms in total. The minimum Gasteiger partial charge on any atom is -0.438 e. The molecule has 4 heteroatoms. The highest BCUT2D eigenvalue weighted by atomic mass is 16.7. The van der Waals surface area contributed by atoms with E-state index < -0.39 is 6.16 Å². The van der Waals surface area contributed by atoms with Crippen LogP contribution in [0.5, 0.6) is 0 Å². The van der Waals surface area contributed by atoms with Crippen molar-refractivity contribution in [1.29, 1.82) is 0 Å². The van der Waals surface area contributed by atoms with Crippen LogP contribution in [-0.4, -0.2) is 25.2 Å². The predicted octanol–water partition coefficient (Wildman–Crippen LogP) is 1.77. The van der Waals surface area contributed by atoms with Gasteiger partial charge in [-0.05, 0) is 37.5 Å². The number of carbonyl (C=O) groups is 2. The summed E-state index contributed by atoms with van der Waals surface area (Å²) >= 11 is 0. The number of hydrogen-bond donors (Lipinski definition) is 0. The topological polar surface area (TPSA) is 52.6 Å². The molecule has 16 heavy (non-hydrogen) atoms. The van der Waals surface area contributed by atoms with Crippen molar-refractivity contribution in [2.24, 2.45) is 23.7 Å². The molecule has 0 N–H and O–H groups in total. The molecule has 0 aliphatic heterocycles. The second-order valence-electron chi connectivity index (χ2n) is 5.31. The van der Waals surface area contributed by atoms with Crippen LogP contribution >= 0.6 is 0 Å².